The third kappa shape index (κ3) is 4.87. The number of methoxy groups -OCH3 is 1. The molecule has 9 heteroatoms. The van der Waals surface area contributed by atoms with Crippen LogP contribution in [0.1, 0.15) is 39.5 Å². The van der Waals surface area contributed by atoms with Gasteiger partial charge in [-0.3, -0.25) is 14.2 Å². The number of amides is 1. The summed E-state index contributed by atoms with van der Waals surface area (Å²) in [6.45, 7) is 4.78. The van der Waals surface area contributed by atoms with Gasteiger partial charge in [0.05, 0.1) is 13.4 Å². The van der Waals surface area contributed by atoms with Crippen molar-refractivity contribution in [2.75, 3.05) is 12.4 Å². The average Bonchev–Trinajstić information content (AvgIpc) is 3.19. The molecule has 0 unspecified atom stereocenters. The second-order valence-corrected chi connectivity index (χ2v) is 7.42. The molecular formula is C22H29N5O4. The number of unbranched alkanes of at least 4 members (excludes halogenated alkanes) is 2. The summed E-state index contributed by atoms with van der Waals surface area (Å²) in [6.07, 6.45) is 5.11. The number of carbonyl (C=O) groups is 1. The highest BCUT2D eigenvalue weighted by molar-refractivity contribution is 5.90. The number of fused-ring (bicyclic) bond motifs is 1. The van der Waals surface area contributed by atoms with E-state index in [0.29, 0.717) is 35.7 Å². The molecule has 9 nitrogen and oxygen atoms in total. The third-order valence-electron chi connectivity index (χ3n) is 5.13. The molecule has 0 aliphatic carbocycles. The van der Waals surface area contributed by atoms with Gasteiger partial charge in [0.1, 0.15) is 12.3 Å². The van der Waals surface area contributed by atoms with Crippen LogP contribution in [-0.4, -0.2) is 31.7 Å². The van der Waals surface area contributed by atoms with Crippen LogP contribution in [0.2, 0.25) is 0 Å². The number of hydrogen-bond acceptors (Lipinski definition) is 5. The van der Waals surface area contributed by atoms with E-state index in [9.17, 15) is 14.4 Å². The Hall–Kier alpha value is -3.36. The first kappa shape index (κ1) is 22.3. The predicted molar refractivity (Wildman–Crippen MR) is 120 cm³/mol. The Morgan fingerprint density at radius 2 is 1.84 bits per heavy atom. The van der Waals surface area contributed by atoms with E-state index in [1.54, 1.807) is 35.2 Å². The van der Waals surface area contributed by atoms with Gasteiger partial charge in [0.2, 0.25) is 5.91 Å². The number of anilines is 1. The number of aryl methyl sites for hydroxylation is 2. The number of carbonyl (C=O) groups excluding carboxylic acids is 1. The standard InChI is InChI=1S/C22H29N5O4/c1-4-6-11-25-15-23-20-19(25)21(29)27(22(30)26(20)12-7-5-2)14-18(28)24-16-9-8-10-17(13-16)31-3/h8-10,13,15H,4-7,11-12,14H2,1-3H3,(H,24,28). The molecule has 0 bridgehead atoms. The number of nitrogens with zero attached hydrogens (tertiary/aromatic N) is 4. The van der Waals surface area contributed by atoms with E-state index in [-0.39, 0.29) is 6.54 Å². The fourth-order valence-electron chi connectivity index (χ4n) is 3.44. The van der Waals surface area contributed by atoms with E-state index in [2.05, 4.69) is 17.2 Å². The highest BCUT2D eigenvalue weighted by Gasteiger charge is 2.19. The SMILES string of the molecule is CCCCn1cnc2c1c(=O)n(CC(=O)Nc1cccc(OC)c1)c(=O)n2CCCC. The Bertz CT molecular complexity index is 1170. The van der Waals surface area contributed by atoms with Gasteiger partial charge in [-0.1, -0.05) is 32.8 Å². The van der Waals surface area contributed by atoms with E-state index in [4.69, 9.17) is 4.74 Å². The normalized spacial score (nSPS) is 11.1. The Kier molecular flexibility index (Phi) is 7.28. The van der Waals surface area contributed by atoms with Crippen molar-refractivity contribution in [1.29, 1.82) is 0 Å². The summed E-state index contributed by atoms with van der Waals surface area (Å²) in [5, 5.41) is 2.72. The fourth-order valence-corrected chi connectivity index (χ4v) is 3.44. The van der Waals surface area contributed by atoms with Crippen LogP contribution in [0.4, 0.5) is 5.69 Å². The highest BCUT2D eigenvalue weighted by Crippen LogP contribution is 2.16. The second-order valence-electron chi connectivity index (χ2n) is 7.42. The number of aromatic nitrogens is 4. The Morgan fingerprint density at radius 3 is 2.55 bits per heavy atom. The lowest BCUT2D eigenvalue weighted by atomic mass is 10.3. The molecule has 31 heavy (non-hydrogen) atoms. The van der Waals surface area contributed by atoms with E-state index in [1.807, 2.05) is 6.92 Å². The van der Waals surface area contributed by atoms with Gasteiger partial charge in [-0.15, -0.1) is 0 Å². The van der Waals surface area contributed by atoms with Gasteiger partial charge in [-0.25, -0.2) is 14.3 Å². The van der Waals surface area contributed by atoms with Crippen molar-refractivity contribution in [1.82, 2.24) is 18.7 Å². The fraction of sp³-hybridized carbons (Fsp3) is 0.455. The van der Waals surface area contributed by atoms with E-state index in [0.717, 1.165) is 30.3 Å². The Balaban J connectivity index is 2.00. The van der Waals surface area contributed by atoms with Crippen molar-refractivity contribution in [3.63, 3.8) is 0 Å². The van der Waals surface area contributed by atoms with Crippen LogP contribution in [0, 0.1) is 0 Å². The summed E-state index contributed by atoms with van der Waals surface area (Å²) in [6, 6.07) is 6.89. The van der Waals surface area contributed by atoms with Gasteiger partial charge in [0, 0.05) is 24.8 Å². The molecular weight excluding hydrogens is 398 g/mol. The summed E-state index contributed by atoms with van der Waals surface area (Å²) in [5.74, 6) is 0.131. The number of nitrogens with one attached hydrogen (secondary N) is 1. The highest BCUT2D eigenvalue weighted by atomic mass is 16.5. The molecule has 0 atom stereocenters. The van der Waals surface area contributed by atoms with Crippen molar-refractivity contribution < 1.29 is 9.53 Å². The number of hydrogen-bond donors (Lipinski definition) is 1. The Morgan fingerprint density at radius 1 is 1.10 bits per heavy atom. The van der Waals surface area contributed by atoms with Crippen LogP contribution >= 0.6 is 0 Å². The van der Waals surface area contributed by atoms with E-state index >= 15 is 0 Å². The molecule has 0 saturated carbocycles. The van der Waals surface area contributed by atoms with Crippen LogP contribution < -0.4 is 21.3 Å². The lowest BCUT2D eigenvalue weighted by Gasteiger charge is -2.13. The smallest absolute Gasteiger partial charge is 0.333 e. The van der Waals surface area contributed by atoms with Crippen molar-refractivity contribution in [2.45, 2.75) is 59.2 Å². The molecule has 1 aromatic carbocycles. The Labute approximate surface area is 180 Å². The lowest BCUT2D eigenvalue weighted by molar-refractivity contribution is -0.116. The summed E-state index contributed by atoms with van der Waals surface area (Å²) < 4.78 is 9.44. The molecule has 2 aromatic heterocycles. The van der Waals surface area contributed by atoms with Gasteiger partial charge in [-0.05, 0) is 25.0 Å². The molecule has 3 rings (SSSR count). The lowest BCUT2D eigenvalue weighted by Crippen LogP contribution is -2.43. The molecule has 1 N–H and O–H groups in total. The minimum Gasteiger partial charge on any atom is -0.497 e. The maximum Gasteiger partial charge on any atom is 0.333 e. The van der Waals surface area contributed by atoms with Crippen molar-refractivity contribution in [3.05, 3.63) is 51.4 Å². The van der Waals surface area contributed by atoms with Gasteiger partial charge in [0.25, 0.3) is 5.56 Å². The number of ether oxygens (including phenoxy) is 1. The number of rotatable bonds is 10. The van der Waals surface area contributed by atoms with Crippen molar-refractivity contribution >= 4 is 22.8 Å². The minimum atomic E-state index is -0.521. The van der Waals surface area contributed by atoms with Crippen molar-refractivity contribution in [2.24, 2.45) is 0 Å². The first-order valence-corrected chi connectivity index (χ1v) is 10.6. The van der Waals surface area contributed by atoms with E-state index < -0.39 is 17.2 Å². The zero-order valence-corrected chi connectivity index (χ0v) is 18.3. The average molecular weight is 428 g/mol. The summed E-state index contributed by atoms with van der Waals surface area (Å²) in [7, 11) is 1.54. The van der Waals surface area contributed by atoms with Crippen LogP contribution in [0.15, 0.2) is 40.2 Å². The molecule has 166 valence electrons. The number of benzene rings is 1. The van der Waals surface area contributed by atoms with Gasteiger partial charge < -0.3 is 14.6 Å². The largest absolute Gasteiger partial charge is 0.497 e. The molecule has 0 spiro atoms. The first-order valence-electron chi connectivity index (χ1n) is 10.6. The zero-order valence-electron chi connectivity index (χ0n) is 18.3. The molecule has 0 saturated heterocycles. The maximum absolute atomic E-state index is 13.2. The van der Waals surface area contributed by atoms with Crippen LogP contribution in [-0.2, 0) is 24.4 Å². The topological polar surface area (TPSA) is 100 Å². The molecule has 1 amide bonds. The van der Waals surface area contributed by atoms with Gasteiger partial charge >= 0.3 is 5.69 Å². The zero-order chi connectivity index (χ0) is 22.4. The predicted octanol–water partition coefficient (Wildman–Crippen LogP) is 2.61. The van der Waals surface area contributed by atoms with Crippen LogP contribution in [0.3, 0.4) is 0 Å². The number of imidazole rings is 1. The van der Waals surface area contributed by atoms with Crippen LogP contribution in [0.25, 0.3) is 11.2 Å². The quantitative estimate of drug-likeness (QED) is 0.536. The maximum atomic E-state index is 13.2. The molecule has 0 aliphatic heterocycles. The minimum absolute atomic E-state index is 0.360. The van der Waals surface area contributed by atoms with Gasteiger partial charge in [-0.2, -0.15) is 0 Å². The molecule has 3 aromatic rings. The summed E-state index contributed by atoms with van der Waals surface area (Å²) >= 11 is 0. The first-order chi connectivity index (χ1) is 15.0. The summed E-state index contributed by atoms with van der Waals surface area (Å²) in [5.41, 5.74) is 0.245. The second kappa shape index (κ2) is 10.1. The third-order valence-corrected chi connectivity index (χ3v) is 5.13. The monoisotopic (exact) mass is 427 g/mol. The van der Waals surface area contributed by atoms with Gasteiger partial charge in [0.15, 0.2) is 11.2 Å². The van der Waals surface area contributed by atoms with Crippen LogP contribution in [0.5, 0.6) is 5.75 Å². The molecule has 0 aliphatic rings. The molecule has 2 heterocycles. The summed E-state index contributed by atoms with van der Waals surface area (Å²) in [4.78, 5) is 43.3. The van der Waals surface area contributed by atoms with E-state index in [1.165, 1.54) is 11.7 Å². The molecule has 0 radical (unpaired) electrons. The molecule has 0 fully saturated rings. The van der Waals surface area contributed by atoms with Crippen molar-refractivity contribution in [3.8, 4) is 5.75 Å².